The van der Waals surface area contributed by atoms with Gasteiger partial charge in [0.1, 0.15) is 0 Å². The van der Waals surface area contributed by atoms with E-state index in [1.165, 1.54) is 18.9 Å². The Labute approximate surface area is 113 Å². The van der Waals surface area contributed by atoms with Crippen molar-refractivity contribution < 1.29 is 14.7 Å². The maximum Gasteiger partial charge on any atom is 0.336 e. The van der Waals surface area contributed by atoms with Gasteiger partial charge in [-0.05, 0) is 52.9 Å². The molecule has 18 heavy (non-hydrogen) atoms. The van der Waals surface area contributed by atoms with E-state index in [1.807, 2.05) is 0 Å². The summed E-state index contributed by atoms with van der Waals surface area (Å²) in [5.74, 6) is -0.431. The van der Waals surface area contributed by atoms with E-state index in [0.29, 0.717) is 22.6 Å². The van der Waals surface area contributed by atoms with Crippen LogP contribution in [-0.2, 0) is 0 Å². The minimum atomic E-state index is -1.04. The molecule has 2 rings (SSSR count). The molecule has 1 aliphatic rings. The van der Waals surface area contributed by atoms with E-state index >= 15 is 0 Å². The number of urea groups is 1. The normalized spacial score (nSPS) is 14.1. The van der Waals surface area contributed by atoms with Crippen LogP contribution in [-0.4, -0.2) is 23.7 Å². The van der Waals surface area contributed by atoms with Gasteiger partial charge < -0.3 is 15.7 Å². The molecule has 3 N–H and O–H groups in total. The van der Waals surface area contributed by atoms with E-state index in [4.69, 9.17) is 5.11 Å². The molecule has 0 saturated heterocycles. The molecule has 1 aromatic rings. The second kappa shape index (κ2) is 5.39. The molecule has 0 bridgehead atoms. The zero-order valence-corrected chi connectivity index (χ0v) is 11.2. The highest BCUT2D eigenvalue weighted by Crippen LogP contribution is 2.27. The van der Waals surface area contributed by atoms with Crippen LogP contribution in [0.1, 0.15) is 23.2 Å². The first-order valence-electron chi connectivity index (χ1n) is 5.64. The topological polar surface area (TPSA) is 78.4 Å². The SMILES string of the molecule is O=C(NCC1CC1)Nc1ccc(Br)c(C(=O)O)c1. The number of hydrogen-bond donors (Lipinski definition) is 3. The maximum absolute atomic E-state index is 11.5. The molecule has 1 aliphatic carbocycles. The first kappa shape index (κ1) is 12.9. The van der Waals surface area contributed by atoms with E-state index < -0.39 is 5.97 Å². The minimum absolute atomic E-state index is 0.120. The number of carboxylic acids is 1. The lowest BCUT2D eigenvalue weighted by molar-refractivity contribution is 0.0696. The van der Waals surface area contributed by atoms with Crippen LogP contribution in [0.2, 0.25) is 0 Å². The summed E-state index contributed by atoms with van der Waals surface area (Å²) < 4.78 is 0.485. The molecule has 5 nitrogen and oxygen atoms in total. The largest absolute Gasteiger partial charge is 0.478 e. The number of benzene rings is 1. The lowest BCUT2D eigenvalue weighted by atomic mass is 10.2. The first-order valence-corrected chi connectivity index (χ1v) is 6.43. The van der Waals surface area contributed by atoms with Crippen molar-refractivity contribution >= 4 is 33.6 Å². The minimum Gasteiger partial charge on any atom is -0.478 e. The molecule has 0 aliphatic heterocycles. The standard InChI is InChI=1S/C12H13BrN2O3/c13-10-4-3-8(5-9(10)11(16)17)15-12(18)14-6-7-1-2-7/h3-5,7H,1-2,6H2,(H,16,17)(H2,14,15,18). The molecule has 0 radical (unpaired) electrons. The van der Waals surface area contributed by atoms with Gasteiger partial charge in [-0.25, -0.2) is 9.59 Å². The van der Waals surface area contributed by atoms with E-state index in [9.17, 15) is 9.59 Å². The van der Waals surface area contributed by atoms with E-state index in [0.717, 1.165) is 0 Å². The van der Waals surface area contributed by atoms with Gasteiger partial charge in [-0.2, -0.15) is 0 Å². The number of anilines is 1. The predicted molar refractivity (Wildman–Crippen MR) is 70.8 cm³/mol. The summed E-state index contributed by atoms with van der Waals surface area (Å²) >= 11 is 3.15. The zero-order valence-electron chi connectivity index (χ0n) is 9.57. The molecular weight excluding hydrogens is 300 g/mol. The van der Waals surface area contributed by atoms with E-state index in [-0.39, 0.29) is 11.6 Å². The molecule has 96 valence electrons. The Morgan fingerprint density at radius 1 is 1.39 bits per heavy atom. The highest BCUT2D eigenvalue weighted by Gasteiger charge is 2.21. The number of carboxylic acid groups (broad SMARTS) is 1. The Kier molecular flexibility index (Phi) is 3.86. The number of halogens is 1. The summed E-state index contributed by atoms with van der Waals surface area (Å²) in [6.07, 6.45) is 2.34. The van der Waals surface area contributed by atoms with Gasteiger partial charge in [-0.1, -0.05) is 0 Å². The van der Waals surface area contributed by atoms with Crippen molar-refractivity contribution in [3.8, 4) is 0 Å². The first-order chi connectivity index (χ1) is 8.56. The van der Waals surface area contributed by atoms with Crippen LogP contribution in [0.15, 0.2) is 22.7 Å². The van der Waals surface area contributed by atoms with Gasteiger partial charge in [0.05, 0.1) is 5.56 Å². The number of amides is 2. The molecule has 2 amide bonds. The monoisotopic (exact) mass is 312 g/mol. The van der Waals surface area contributed by atoms with Gasteiger partial charge in [0.25, 0.3) is 0 Å². The number of carbonyl (C=O) groups excluding carboxylic acids is 1. The number of aromatic carboxylic acids is 1. The van der Waals surface area contributed by atoms with Crippen molar-refractivity contribution in [2.45, 2.75) is 12.8 Å². The molecule has 0 unspecified atom stereocenters. The van der Waals surface area contributed by atoms with Gasteiger partial charge in [0.15, 0.2) is 0 Å². The Morgan fingerprint density at radius 3 is 2.72 bits per heavy atom. The molecule has 1 fully saturated rings. The molecule has 0 spiro atoms. The lowest BCUT2D eigenvalue weighted by Crippen LogP contribution is -2.30. The second-order valence-electron chi connectivity index (χ2n) is 4.28. The highest BCUT2D eigenvalue weighted by molar-refractivity contribution is 9.10. The number of rotatable bonds is 4. The zero-order chi connectivity index (χ0) is 13.1. The summed E-state index contributed by atoms with van der Waals surface area (Å²) in [5.41, 5.74) is 0.582. The summed E-state index contributed by atoms with van der Waals surface area (Å²) in [6.45, 7) is 0.675. The third-order valence-electron chi connectivity index (χ3n) is 2.70. The van der Waals surface area contributed by atoms with Crippen molar-refractivity contribution in [1.29, 1.82) is 0 Å². The number of nitrogens with one attached hydrogen (secondary N) is 2. The average molecular weight is 313 g/mol. The quantitative estimate of drug-likeness (QED) is 0.799. The van der Waals surface area contributed by atoms with Gasteiger partial charge in [0.2, 0.25) is 0 Å². The molecule has 0 heterocycles. The van der Waals surface area contributed by atoms with Crippen LogP contribution in [0.25, 0.3) is 0 Å². The van der Waals surface area contributed by atoms with Crippen LogP contribution in [0.4, 0.5) is 10.5 Å². The van der Waals surface area contributed by atoms with Crippen LogP contribution in [0.3, 0.4) is 0 Å². The van der Waals surface area contributed by atoms with Crippen molar-refractivity contribution in [3.63, 3.8) is 0 Å². The summed E-state index contributed by atoms with van der Waals surface area (Å²) in [5, 5.41) is 14.3. The van der Waals surface area contributed by atoms with Crippen molar-refractivity contribution in [3.05, 3.63) is 28.2 Å². The molecule has 6 heteroatoms. The Bertz CT molecular complexity index is 486. The van der Waals surface area contributed by atoms with Gasteiger partial charge in [0, 0.05) is 16.7 Å². The fraction of sp³-hybridized carbons (Fsp3) is 0.333. The van der Waals surface area contributed by atoms with Gasteiger partial charge in [-0.15, -0.1) is 0 Å². The van der Waals surface area contributed by atoms with Gasteiger partial charge >= 0.3 is 12.0 Å². The van der Waals surface area contributed by atoms with Crippen molar-refractivity contribution in [2.24, 2.45) is 5.92 Å². The average Bonchev–Trinajstić information content (AvgIpc) is 3.12. The summed E-state index contributed by atoms with van der Waals surface area (Å²) in [4.78, 5) is 22.5. The molecular formula is C12H13BrN2O3. The molecule has 0 aromatic heterocycles. The fourth-order valence-corrected chi connectivity index (χ4v) is 1.92. The van der Waals surface area contributed by atoms with E-state index in [2.05, 4.69) is 26.6 Å². The third kappa shape index (κ3) is 3.46. The molecule has 0 atom stereocenters. The third-order valence-corrected chi connectivity index (χ3v) is 3.39. The molecule has 1 aromatic carbocycles. The highest BCUT2D eigenvalue weighted by atomic mass is 79.9. The van der Waals surface area contributed by atoms with Crippen LogP contribution in [0, 0.1) is 5.92 Å². The fourth-order valence-electron chi connectivity index (χ4n) is 1.50. The van der Waals surface area contributed by atoms with Crippen molar-refractivity contribution in [1.82, 2.24) is 5.32 Å². The van der Waals surface area contributed by atoms with Crippen LogP contribution in [0.5, 0.6) is 0 Å². The lowest BCUT2D eigenvalue weighted by Gasteiger charge is -2.08. The van der Waals surface area contributed by atoms with Crippen LogP contribution < -0.4 is 10.6 Å². The van der Waals surface area contributed by atoms with Crippen LogP contribution >= 0.6 is 15.9 Å². The molecule has 1 saturated carbocycles. The smallest absolute Gasteiger partial charge is 0.336 e. The van der Waals surface area contributed by atoms with Crippen molar-refractivity contribution in [2.75, 3.05) is 11.9 Å². The second-order valence-corrected chi connectivity index (χ2v) is 5.13. The predicted octanol–water partition coefficient (Wildman–Crippen LogP) is 2.68. The Morgan fingerprint density at radius 2 is 2.11 bits per heavy atom. The van der Waals surface area contributed by atoms with Gasteiger partial charge in [-0.3, -0.25) is 0 Å². The maximum atomic E-state index is 11.5. The summed E-state index contributed by atoms with van der Waals surface area (Å²) in [6, 6.07) is 4.36. The summed E-state index contributed by atoms with van der Waals surface area (Å²) in [7, 11) is 0. The Balaban J connectivity index is 1.97. The Hall–Kier alpha value is -1.56. The van der Waals surface area contributed by atoms with E-state index in [1.54, 1.807) is 12.1 Å². The number of carbonyl (C=O) groups is 2. The number of hydrogen-bond acceptors (Lipinski definition) is 2.